The summed E-state index contributed by atoms with van der Waals surface area (Å²) in [5, 5.41) is 9.29. The maximum absolute atomic E-state index is 13.4. The summed E-state index contributed by atoms with van der Waals surface area (Å²) in [7, 11) is 0. The predicted molar refractivity (Wildman–Crippen MR) is 119 cm³/mol. The van der Waals surface area contributed by atoms with E-state index in [0.717, 1.165) is 46.0 Å². The summed E-state index contributed by atoms with van der Waals surface area (Å²) in [5.41, 5.74) is 0.777. The molecule has 0 saturated heterocycles. The van der Waals surface area contributed by atoms with Gasteiger partial charge in [0.1, 0.15) is 11.6 Å². The third-order valence-corrected chi connectivity index (χ3v) is 6.03. The van der Waals surface area contributed by atoms with E-state index < -0.39 is 23.4 Å². The summed E-state index contributed by atoms with van der Waals surface area (Å²) in [6.07, 6.45) is -4.55. The molecule has 32 heavy (non-hydrogen) atoms. The Morgan fingerprint density at radius 2 is 1.47 bits per heavy atom. The largest absolute Gasteiger partial charge is 0.416 e. The lowest BCUT2D eigenvalue weighted by molar-refractivity contribution is -0.137. The second-order valence-corrected chi connectivity index (χ2v) is 8.53. The van der Waals surface area contributed by atoms with E-state index >= 15 is 0 Å². The lowest BCUT2D eigenvalue weighted by atomic mass is 10.1. The first-order valence-corrected chi connectivity index (χ1v) is 10.7. The van der Waals surface area contributed by atoms with Crippen LogP contribution in [-0.4, -0.2) is 0 Å². The molecule has 0 amide bonds. The SMILES string of the molecule is Fc1cc(F)cc(CNc2cc(NCc3csc4ccc(Cl)cc34)cc(C(F)(F)F)c2)c1. The Bertz CT molecular complexity index is 1250. The lowest BCUT2D eigenvalue weighted by Crippen LogP contribution is -2.09. The molecule has 2 N–H and O–H groups in total. The minimum atomic E-state index is -4.55. The lowest BCUT2D eigenvalue weighted by Gasteiger charge is -2.15. The van der Waals surface area contributed by atoms with Gasteiger partial charge in [-0.25, -0.2) is 8.78 Å². The van der Waals surface area contributed by atoms with Crippen molar-refractivity contribution in [2.24, 2.45) is 0 Å². The van der Waals surface area contributed by atoms with Crippen LogP contribution in [0.25, 0.3) is 10.1 Å². The normalized spacial score (nSPS) is 11.7. The van der Waals surface area contributed by atoms with E-state index in [1.165, 1.54) is 17.4 Å². The molecule has 9 heteroatoms. The van der Waals surface area contributed by atoms with E-state index in [-0.39, 0.29) is 23.5 Å². The zero-order valence-corrected chi connectivity index (χ0v) is 17.9. The second kappa shape index (κ2) is 8.96. The van der Waals surface area contributed by atoms with Gasteiger partial charge in [0.2, 0.25) is 0 Å². The van der Waals surface area contributed by atoms with Crippen molar-refractivity contribution < 1.29 is 22.0 Å². The van der Waals surface area contributed by atoms with Crippen LogP contribution in [0.5, 0.6) is 0 Å². The van der Waals surface area contributed by atoms with Gasteiger partial charge in [0.15, 0.2) is 0 Å². The first-order chi connectivity index (χ1) is 15.2. The van der Waals surface area contributed by atoms with Crippen molar-refractivity contribution in [1.29, 1.82) is 0 Å². The molecule has 1 heterocycles. The molecule has 166 valence electrons. The fourth-order valence-corrected chi connectivity index (χ4v) is 4.42. The summed E-state index contributed by atoms with van der Waals surface area (Å²) in [6.45, 7) is 0.263. The highest BCUT2D eigenvalue weighted by molar-refractivity contribution is 7.17. The molecular weight excluding hydrogens is 467 g/mol. The summed E-state index contributed by atoms with van der Waals surface area (Å²) >= 11 is 7.59. The molecule has 0 bridgehead atoms. The highest BCUT2D eigenvalue weighted by Crippen LogP contribution is 2.34. The van der Waals surface area contributed by atoms with Crippen molar-refractivity contribution >= 4 is 44.4 Å². The molecule has 0 aliphatic carbocycles. The number of anilines is 2. The minimum absolute atomic E-state index is 0.0386. The Balaban J connectivity index is 1.56. The number of nitrogens with one attached hydrogen (secondary N) is 2. The number of benzene rings is 3. The molecule has 0 unspecified atom stereocenters. The fraction of sp³-hybridized carbons (Fsp3) is 0.130. The van der Waals surface area contributed by atoms with Gasteiger partial charge < -0.3 is 10.6 Å². The van der Waals surface area contributed by atoms with E-state index in [1.54, 1.807) is 6.07 Å². The van der Waals surface area contributed by atoms with Gasteiger partial charge in [-0.3, -0.25) is 0 Å². The molecule has 0 spiro atoms. The van der Waals surface area contributed by atoms with Crippen molar-refractivity contribution in [2.75, 3.05) is 10.6 Å². The summed E-state index contributed by atoms with van der Waals surface area (Å²) in [5.74, 6) is -1.51. The summed E-state index contributed by atoms with van der Waals surface area (Å²) in [6, 6.07) is 12.0. The number of fused-ring (bicyclic) bond motifs is 1. The van der Waals surface area contributed by atoms with Crippen molar-refractivity contribution in [3.05, 3.63) is 93.3 Å². The molecule has 0 radical (unpaired) electrons. The first-order valence-electron chi connectivity index (χ1n) is 9.48. The van der Waals surface area contributed by atoms with Crippen LogP contribution in [0.15, 0.2) is 60.0 Å². The van der Waals surface area contributed by atoms with Gasteiger partial charge in [-0.1, -0.05) is 11.6 Å². The maximum Gasteiger partial charge on any atom is 0.416 e. The first kappa shape index (κ1) is 22.4. The number of alkyl halides is 3. The average Bonchev–Trinajstić information content (AvgIpc) is 3.11. The third-order valence-electron chi connectivity index (χ3n) is 4.78. The van der Waals surface area contributed by atoms with Crippen LogP contribution in [0.4, 0.5) is 33.3 Å². The molecular formula is C23H16ClF5N2S. The van der Waals surface area contributed by atoms with Gasteiger partial charge in [0.05, 0.1) is 5.56 Å². The van der Waals surface area contributed by atoms with E-state index in [9.17, 15) is 22.0 Å². The molecule has 2 nitrogen and oxygen atoms in total. The molecule has 0 aliphatic heterocycles. The van der Waals surface area contributed by atoms with Crippen molar-refractivity contribution in [1.82, 2.24) is 0 Å². The van der Waals surface area contributed by atoms with Gasteiger partial charge in [-0.15, -0.1) is 11.3 Å². The Hall–Kier alpha value is -2.84. The van der Waals surface area contributed by atoms with Crippen LogP contribution in [0.2, 0.25) is 5.02 Å². The number of halogens is 6. The molecule has 1 aromatic heterocycles. The molecule has 0 fully saturated rings. The van der Waals surface area contributed by atoms with Crippen LogP contribution in [0, 0.1) is 11.6 Å². The van der Waals surface area contributed by atoms with Crippen LogP contribution < -0.4 is 10.6 Å². The summed E-state index contributed by atoms with van der Waals surface area (Å²) in [4.78, 5) is 0. The quantitative estimate of drug-likeness (QED) is 0.271. The smallest absolute Gasteiger partial charge is 0.381 e. The van der Waals surface area contributed by atoms with Crippen LogP contribution >= 0.6 is 22.9 Å². The predicted octanol–water partition coefficient (Wildman–Crippen LogP) is 8.08. The van der Waals surface area contributed by atoms with E-state index in [2.05, 4.69) is 10.6 Å². The fourth-order valence-electron chi connectivity index (χ4n) is 3.30. The van der Waals surface area contributed by atoms with Crippen LogP contribution in [-0.2, 0) is 19.3 Å². The zero-order valence-electron chi connectivity index (χ0n) is 16.4. The highest BCUT2D eigenvalue weighted by atomic mass is 35.5. The highest BCUT2D eigenvalue weighted by Gasteiger charge is 2.31. The van der Waals surface area contributed by atoms with Gasteiger partial charge in [-0.05, 0) is 70.4 Å². The van der Waals surface area contributed by atoms with Crippen LogP contribution in [0.3, 0.4) is 0 Å². The number of thiophene rings is 1. The van der Waals surface area contributed by atoms with E-state index in [0.29, 0.717) is 11.6 Å². The Kier molecular flexibility index (Phi) is 6.26. The third kappa shape index (κ3) is 5.31. The second-order valence-electron chi connectivity index (χ2n) is 7.18. The number of rotatable bonds is 6. The zero-order chi connectivity index (χ0) is 22.9. The molecule has 4 aromatic rings. The molecule has 3 aromatic carbocycles. The van der Waals surface area contributed by atoms with Gasteiger partial charge in [0.25, 0.3) is 0 Å². The minimum Gasteiger partial charge on any atom is -0.381 e. The summed E-state index contributed by atoms with van der Waals surface area (Å²) < 4.78 is 68.0. The number of hydrogen-bond donors (Lipinski definition) is 2. The van der Waals surface area contributed by atoms with Crippen molar-refractivity contribution in [3.63, 3.8) is 0 Å². The molecule has 0 saturated carbocycles. The van der Waals surface area contributed by atoms with Crippen molar-refractivity contribution in [3.8, 4) is 0 Å². The topological polar surface area (TPSA) is 24.1 Å². The van der Waals surface area contributed by atoms with Gasteiger partial charge in [0, 0.05) is 40.3 Å². The Morgan fingerprint density at radius 1 is 0.812 bits per heavy atom. The average molecular weight is 483 g/mol. The maximum atomic E-state index is 13.4. The Labute approximate surface area is 189 Å². The van der Waals surface area contributed by atoms with E-state index in [1.807, 2.05) is 17.5 Å². The standard InChI is InChI=1S/C23H16ClF5N2S/c24-16-1-2-22-21(7-16)14(12-32-22)11-31-20-6-15(23(27,28)29)5-19(9-20)30-10-13-3-17(25)8-18(26)4-13/h1-9,12,30-31H,10-11H2. The molecule has 0 atom stereocenters. The van der Waals surface area contributed by atoms with Crippen molar-refractivity contribution in [2.45, 2.75) is 19.3 Å². The van der Waals surface area contributed by atoms with E-state index in [4.69, 9.17) is 11.6 Å². The number of hydrogen-bond acceptors (Lipinski definition) is 3. The van der Waals surface area contributed by atoms with Gasteiger partial charge in [-0.2, -0.15) is 13.2 Å². The van der Waals surface area contributed by atoms with Crippen LogP contribution in [0.1, 0.15) is 16.7 Å². The molecule has 0 aliphatic rings. The monoisotopic (exact) mass is 482 g/mol. The van der Waals surface area contributed by atoms with Gasteiger partial charge >= 0.3 is 6.18 Å². The Morgan fingerprint density at radius 3 is 2.12 bits per heavy atom. The molecule has 4 rings (SSSR count).